The molecule has 51 heavy (non-hydrogen) atoms. The molecule has 5 aliphatic rings. The molecule has 3 aliphatic carbocycles. The molecule has 4 unspecified atom stereocenters. The number of aromatic nitrogens is 1. The van der Waals surface area contributed by atoms with Gasteiger partial charge < -0.3 is 14.4 Å². The van der Waals surface area contributed by atoms with Crippen LogP contribution in [-0.4, -0.2) is 16.7 Å². The van der Waals surface area contributed by atoms with Gasteiger partial charge in [0.05, 0.1) is 28.8 Å². The molecule has 0 bridgehead atoms. The lowest BCUT2D eigenvalue weighted by molar-refractivity contribution is 0.681. The first-order valence-electron chi connectivity index (χ1n) is 18.3. The predicted octanol–water partition coefficient (Wildman–Crippen LogP) is 11.7. The second kappa shape index (κ2) is 11.2. The number of fused-ring (bicyclic) bond motifs is 8. The molecule has 5 aromatic carbocycles. The van der Waals surface area contributed by atoms with Gasteiger partial charge in [-0.15, -0.1) is 0 Å². The molecule has 3 heteroatoms. The fourth-order valence-corrected chi connectivity index (χ4v) is 9.57. The Morgan fingerprint density at radius 1 is 0.529 bits per heavy atom. The highest BCUT2D eigenvalue weighted by atomic mass is 15.2. The lowest BCUT2D eigenvalue weighted by atomic mass is 9.88. The van der Waals surface area contributed by atoms with Gasteiger partial charge >= 0.3 is 0 Å². The van der Waals surface area contributed by atoms with E-state index in [9.17, 15) is 0 Å². The molecule has 2 aliphatic heterocycles. The lowest BCUT2D eigenvalue weighted by Crippen LogP contribution is -2.32. The van der Waals surface area contributed by atoms with Crippen LogP contribution in [0, 0.1) is 5.92 Å². The topological polar surface area (TPSA) is 11.4 Å². The average molecular weight is 656 g/mol. The first-order valence-corrected chi connectivity index (χ1v) is 18.3. The Balaban J connectivity index is 1.07. The minimum absolute atomic E-state index is 0.258. The maximum atomic E-state index is 2.61. The minimum Gasteiger partial charge on any atom is -0.337 e. The molecule has 0 fully saturated rings. The van der Waals surface area contributed by atoms with Crippen LogP contribution in [0.2, 0.25) is 0 Å². The molecule has 0 amide bonds. The quantitative estimate of drug-likeness (QED) is 0.187. The smallest absolute Gasteiger partial charge is 0.0629 e. The van der Waals surface area contributed by atoms with Crippen LogP contribution in [0.4, 0.5) is 17.1 Å². The van der Waals surface area contributed by atoms with Gasteiger partial charge in [-0.25, -0.2) is 0 Å². The monoisotopic (exact) mass is 655 g/mol. The van der Waals surface area contributed by atoms with Gasteiger partial charge in [0.2, 0.25) is 0 Å². The highest BCUT2D eigenvalue weighted by Gasteiger charge is 2.40. The summed E-state index contributed by atoms with van der Waals surface area (Å²) in [5.74, 6) is 0.732. The van der Waals surface area contributed by atoms with Crippen molar-refractivity contribution in [2.45, 2.75) is 30.8 Å². The largest absolute Gasteiger partial charge is 0.337 e. The Kier molecular flexibility index (Phi) is 6.33. The van der Waals surface area contributed by atoms with E-state index in [4.69, 9.17) is 0 Å². The molecule has 0 N–H and O–H groups in total. The zero-order valence-corrected chi connectivity index (χ0v) is 28.3. The third-order valence-electron chi connectivity index (χ3n) is 11.7. The Labute approximate surface area is 298 Å². The molecule has 3 nitrogen and oxygen atoms in total. The summed E-state index contributed by atoms with van der Waals surface area (Å²) in [7, 11) is 0. The number of rotatable bonds is 4. The molecule has 6 aromatic rings. The summed E-state index contributed by atoms with van der Waals surface area (Å²) in [6.07, 6.45) is 25.2. The molecule has 3 heterocycles. The first-order chi connectivity index (χ1) is 25.3. The third kappa shape index (κ3) is 4.24. The van der Waals surface area contributed by atoms with Crippen molar-refractivity contribution in [1.82, 2.24) is 4.57 Å². The maximum absolute atomic E-state index is 2.61. The minimum atomic E-state index is 0.258. The second-order valence-electron chi connectivity index (χ2n) is 14.3. The third-order valence-corrected chi connectivity index (χ3v) is 11.7. The molecule has 4 atom stereocenters. The van der Waals surface area contributed by atoms with Crippen molar-refractivity contribution in [3.63, 3.8) is 0 Å². The number of anilines is 3. The summed E-state index contributed by atoms with van der Waals surface area (Å²) in [5, 5.41) is 2.55. The van der Waals surface area contributed by atoms with Crippen LogP contribution in [-0.2, 0) is 0 Å². The number of para-hydroxylation sites is 3. The first kappa shape index (κ1) is 28.7. The van der Waals surface area contributed by atoms with E-state index in [1.165, 1.54) is 72.5 Å². The van der Waals surface area contributed by atoms with Gasteiger partial charge in [-0.3, -0.25) is 0 Å². The summed E-state index contributed by atoms with van der Waals surface area (Å²) in [5.41, 5.74) is 14.3. The van der Waals surface area contributed by atoms with Crippen LogP contribution in [0.15, 0.2) is 187 Å². The van der Waals surface area contributed by atoms with Gasteiger partial charge in [0.1, 0.15) is 0 Å². The van der Waals surface area contributed by atoms with Gasteiger partial charge in [-0.1, -0.05) is 127 Å². The molecule has 1 aromatic heterocycles. The van der Waals surface area contributed by atoms with E-state index in [-0.39, 0.29) is 6.04 Å². The lowest BCUT2D eigenvalue weighted by Gasteiger charge is -2.31. The second-order valence-corrected chi connectivity index (χ2v) is 14.3. The van der Waals surface area contributed by atoms with E-state index >= 15 is 0 Å². The Hall–Kier alpha value is -6.06. The van der Waals surface area contributed by atoms with Crippen molar-refractivity contribution < 1.29 is 0 Å². The SMILES string of the molecule is C1=CC2C3=C(CCC=C3)N(c3cccc(-n4c5ccccc5c5cc(-c6cccc7c6N(c6ccccc6)C6C=CC=CC76)ccc54)c3)C2C=C1. The van der Waals surface area contributed by atoms with Gasteiger partial charge in [0.15, 0.2) is 0 Å². The molecule has 11 rings (SSSR count). The van der Waals surface area contributed by atoms with Crippen molar-refractivity contribution in [2.24, 2.45) is 5.92 Å². The number of allylic oxidation sites excluding steroid dienone is 7. The Bertz CT molecular complexity index is 2570. The molecule has 0 saturated heterocycles. The fraction of sp³-hybridized carbons (Fsp3) is 0.125. The highest BCUT2D eigenvalue weighted by molar-refractivity contribution is 6.11. The predicted molar refractivity (Wildman–Crippen MR) is 213 cm³/mol. The van der Waals surface area contributed by atoms with E-state index in [2.05, 4.69) is 190 Å². The highest BCUT2D eigenvalue weighted by Crippen LogP contribution is 2.52. The van der Waals surface area contributed by atoms with Crippen molar-refractivity contribution >= 4 is 38.9 Å². The zero-order valence-electron chi connectivity index (χ0n) is 28.3. The van der Waals surface area contributed by atoms with E-state index in [0.29, 0.717) is 17.9 Å². The Morgan fingerprint density at radius 3 is 2.16 bits per heavy atom. The van der Waals surface area contributed by atoms with E-state index in [1.807, 2.05) is 0 Å². The van der Waals surface area contributed by atoms with Crippen LogP contribution in [0.3, 0.4) is 0 Å². The summed E-state index contributed by atoms with van der Waals surface area (Å²) in [4.78, 5) is 5.16. The van der Waals surface area contributed by atoms with Crippen LogP contribution in [0.25, 0.3) is 38.6 Å². The van der Waals surface area contributed by atoms with Crippen molar-refractivity contribution in [1.29, 1.82) is 0 Å². The maximum Gasteiger partial charge on any atom is 0.0629 e. The van der Waals surface area contributed by atoms with Crippen molar-refractivity contribution in [3.05, 3.63) is 193 Å². The molecule has 0 radical (unpaired) electrons. The van der Waals surface area contributed by atoms with Gasteiger partial charge in [-0.2, -0.15) is 0 Å². The summed E-state index contributed by atoms with van der Waals surface area (Å²) in [6, 6.07) is 43.6. The molecule has 244 valence electrons. The molecule has 0 spiro atoms. The van der Waals surface area contributed by atoms with E-state index in [0.717, 1.165) is 12.8 Å². The summed E-state index contributed by atoms with van der Waals surface area (Å²) < 4.78 is 2.47. The number of hydrogen-bond donors (Lipinski definition) is 0. The normalized spacial score (nSPS) is 22.6. The molecular weight excluding hydrogens is 619 g/mol. The summed E-state index contributed by atoms with van der Waals surface area (Å²) in [6.45, 7) is 0. The number of benzene rings is 5. The van der Waals surface area contributed by atoms with Crippen LogP contribution in [0.5, 0.6) is 0 Å². The Morgan fingerprint density at radius 2 is 1.25 bits per heavy atom. The van der Waals surface area contributed by atoms with Gasteiger partial charge in [0, 0.05) is 50.9 Å². The van der Waals surface area contributed by atoms with Crippen LogP contribution >= 0.6 is 0 Å². The average Bonchev–Trinajstić information content (AvgIpc) is 3.84. The fourth-order valence-electron chi connectivity index (χ4n) is 9.57. The number of nitrogens with zero attached hydrogens (tertiary/aromatic N) is 3. The standard InChI is InChI=1S/C48H37N3/c1-2-14-33(15-3-1)51-46-27-11-6-20-39(46)41-23-13-22-36(48(41)51)32-28-29-47-42(30-32)40-21-7-10-26-45(40)50(47)35-17-12-16-34(31-35)49-43-24-8-4-18-37(43)38-19-5-9-25-44(38)49/h1-8,10-24,26-31,37,39,43,46H,9,25H2. The van der Waals surface area contributed by atoms with Crippen molar-refractivity contribution in [3.8, 4) is 16.8 Å². The molecular formula is C48H37N3. The van der Waals surface area contributed by atoms with E-state index < -0.39 is 0 Å². The van der Waals surface area contributed by atoms with Crippen LogP contribution < -0.4 is 9.80 Å². The van der Waals surface area contributed by atoms with E-state index in [1.54, 1.807) is 0 Å². The van der Waals surface area contributed by atoms with Gasteiger partial charge in [-0.05, 0) is 78.1 Å². The molecule has 0 saturated carbocycles. The number of hydrogen-bond acceptors (Lipinski definition) is 2. The summed E-state index contributed by atoms with van der Waals surface area (Å²) >= 11 is 0. The zero-order chi connectivity index (χ0) is 33.5. The van der Waals surface area contributed by atoms with Crippen molar-refractivity contribution in [2.75, 3.05) is 9.80 Å². The van der Waals surface area contributed by atoms with Crippen LogP contribution in [0.1, 0.15) is 24.3 Å². The van der Waals surface area contributed by atoms with Gasteiger partial charge in [0.25, 0.3) is 0 Å².